The number of hydrogen-bond acceptors (Lipinski definition) is 6. The third-order valence-corrected chi connectivity index (χ3v) is 5.58. The average Bonchev–Trinajstić information content (AvgIpc) is 2.85. The van der Waals surface area contributed by atoms with Gasteiger partial charge in [0.25, 0.3) is 11.6 Å². The molecule has 0 atom stereocenters. The molecule has 1 saturated heterocycles. The van der Waals surface area contributed by atoms with Gasteiger partial charge < -0.3 is 15.5 Å². The van der Waals surface area contributed by atoms with Gasteiger partial charge in [-0.3, -0.25) is 24.6 Å². The highest BCUT2D eigenvalue weighted by atomic mass is 16.6. The Morgan fingerprint density at radius 2 is 1.47 bits per heavy atom. The number of benzene rings is 3. The molecule has 174 valence electrons. The van der Waals surface area contributed by atoms with Crippen LogP contribution in [0.1, 0.15) is 10.4 Å². The second kappa shape index (κ2) is 10.6. The molecule has 3 aromatic rings. The minimum atomic E-state index is -0.495. The number of piperazine rings is 1. The number of amides is 2. The molecule has 0 spiro atoms. The van der Waals surface area contributed by atoms with Crippen LogP contribution in [0.5, 0.6) is 0 Å². The summed E-state index contributed by atoms with van der Waals surface area (Å²) in [5, 5.41) is 17.5. The van der Waals surface area contributed by atoms with Gasteiger partial charge in [0.05, 0.1) is 11.5 Å². The lowest BCUT2D eigenvalue weighted by Gasteiger charge is -2.34. The molecule has 2 N–H and O–H groups in total. The Labute approximate surface area is 197 Å². The summed E-state index contributed by atoms with van der Waals surface area (Å²) in [6, 6.07) is 22.9. The van der Waals surface area contributed by atoms with Crippen molar-refractivity contribution in [3.63, 3.8) is 0 Å². The zero-order valence-electron chi connectivity index (χ0n) is 18.5. The van der Waals surface area contributed by atoms with Crippen molar-refractivity contribution in [2.24, 2.45) is 0 Å². The molecular formula is C25H25N5O4. The van der Waals surface area contributed by atoms with Gasteiger partial charge >= 0.3 is 0 Å². The molecule has 34 heavy (non-hydrogen) atoms. The summed E-state index contributed by atoms with van der Waals surface area (Å²) < 4.78 is 0. The number of carbonyl (C=O) groups excluding carboxylic acids is 2. The summed E-state index contributed by atoms with van der Waals surface area (Å²) in [5.74, 6) is -0.370. The van der Waals surface area contributed by atoms with Gasteiger partial charge in [-0.25, -0.2) is 0 Å². The first-order valence-corrected chi connectivity index (χ1v) is 11.0. The molecule has 9 heteroatoms. The number of nitrogens with one attached hydrogen (secondary N) is 2. The molecular weight excluding hydrogens is 434 g/mol. The first-order valence-electron chi connectivity index (χ1n) is 11.0. The van der Waals surface area contributed by atoms with Gasteiger partial charge in [0, 0.05) is 49.2 Å². The molecule has 0 radical (unpaired) electrons. The molecule has 2 amide bonds. The molecule has 0 aromatic heterocycles. The quantitative estimate of drug-likeness (QED) is 0.412. The Balaban J connectivity index is 1.35. The van der Waals surface area contributed by atoms with Gasteiger partial charge in [0.15, 0.2) is 0 Å². The van der Waals surface area contributed by atoms with Crippen molar-refractivity contribution in [2.75, 3.05) is 43.4 Å². The van der Waals surface area contributed by atoms with E-state index in [0.29, 0.717) is 31.9 Å². The van der Waals surface area contributed by atoms with Crippen molar-refractivity contribution in [1.82, 2.24) is 9.80 Å². The van der Waals surface area contributed by atoms with Crippen LogP contribution in [0.2, 0.25) is 0 Å². The van der Waals surface area contributed by atoms with Crippen LogP contribution < -0.4 is 10.6 Å². The van der Waals surface area contributed by atoms with Crippen molar-refractivity contribution in [3.8, 4) is 0 Å². The van der Waals surface area contributed by atoms with E-state index in [1.165, 1.54) is 6.07 Å². The lowest BCUT2D eigenvalue weighted by Crippen LogP contribution is -2.50. The van der Waals surface area contributed by atoms with Gasteiger partial charge in [0.2, 0.25) is 5.91 Å². The number of hydrogen-bond donors (Lipinski definition) is 2. The van der Waals surface area contributed by atoms with Crippen LogP contribution in [-0.4, -0.2) is 59.3 Å². The molecule has 1 heterocycles. The number of rotatable bonds is 7. The lowest BCUT2D eigenvalue weighted by molar-refractivity contribution is -0.383. The Hall–Kier alpha value is -4.24. The highest BCUT2D eigenvalue weighted by Gasteiger charge is 2.25. The number of nitro benzene ring substituents is 1. The smallest absolute Gasteiger partial charge is 0.293 e. The van der Waals surface area contributed by atoms with E-state index in [2.05, 4.69) is 10.6 Å². The van der Waals surface area contributed by atoms with Crippen molar-refractivity contribution in [1.29, 1.82) is 0 Å². The highest BCUT2D eigenvalue weighted by Crippen LogP contribution is 2.29. The van der Waals surface area contributed by atoms with E-state index in [1.54, 1.807) is 17.0 Å². The first kappa shape index (κ1) is 22.9. The van der Waals surface area contributed by atoms with Crippen LogP contribution >= 0.6 is 0 Å². The van der Waals surface area contributed by atoms with E-state index in [1.807, 2.05) is 65.6 Å². The van der Waals surface area contributed by atoms with Crippen molar-refractivity contribution in [3.05, 3.63) is 94.5 Å². The van der Waals surface area contributed by atoms with Gasteiger partial charge in [0.1, 0.15) is 5.69 Å². The number of carbonyl (C=O) groups is 2. The largest absolute Gasteiger partial charge is 0.350 e. The fraction of sp³-hybridized carbons (Fsp3) is 0.200. The summed E-state index contributed by atoms with van der Waals surface area (Å²) in [7, 11) is 0. The maximum absolute atomic E-state index is 13.0. The molecule has 0 aliphatic carbocycles. The standard InChI is InChI=1S/C25H25N5O4/c31-24(27-21-9-5-2-6-10-21)18-28-13-15-29(16-14-28)25(32)19-11-12-22(23(17-19)30(33)34)26-20-7-3-1-4-8-20/h1-12,17,26H,13-16,18H2,(H,27,31). The lowest BCUT2D eigenvalue weighted by atomic mass is 10.1. The van der Waals surface area contributed by atoms with E-state index in [-0.39, 0.29) is 29.6 Å². The summed E-state index contributed by atoms with van der Waals surface area (Å²) in [6.45, 7) is 2.21. The second-order valence-corrected chi connectivity index (χ2v) is 7.96. The number of nitro groups is 1. The van der Waals surface area contributed by atoms with E-state index in [9.17, 15) is 19.7 Å². The van der Waals surface area contributed by atoms with Crippen LogP contribution in [-0.2, 0) is 4.79 Å². The second-order valence-electron chi connectivity index (χ2n) is 7.96. The predicted molar refractivity (Wildman–Crippen MR) is 130 cm³/mol. The maximum Gasteiger partial charge on any atom is 0.293 e. The van der Waals surface area contributed by atoms with E-state index < -0.39 is 4.92 Å². The van der Waals surface area contributed by atoms with Crippen molar-refractivity contribution < 1.29 is 14.5 Å². The molecule has 0 saturated carbocycles. The zero-order valence-corrected chi connectivity index (χ0v) is 18.5. The summed E-state index contributed by atoms with van der Waals surface area (Å²) in [6.07, 6.45) is 0. The van der Waals surface area contributed by atoms with Crippen LogP contribution in [0.25, 0.3) is 0 Å². The van der Waals surface area contributed by atoms with Crippen LogP contribution in [0.4, 0.5) is 22.7 Å². The number of anilines is 3. The van der Waals surface area contributed by atoms with E-state index in [0.717, 1.165) is 11.4 Å². The summed E-state index contributed by atoms with van der Waals surface area (Å²) in [5.41, 5.74) is 1.89. The number of nitrogens with zero attached hydrogens (tertiary/aromatic N) is 3. The molecule has 0 bridgehead atoms. The highest BCUT2D eigenvalue weighted by molar-refractivity contribution is 5.96. The van der Waals surface area contributed by atoms with Crippen LogP contribution in [0.15, 0.2) is 78.9 Å². The fourth-order valence-electron chi connectivity index (χ4n) is 3.82. The Bertz CT molecular complexity index is 1160. The first-order chi connectivity index (χ1) is 16.5. The van der Waals surface area contributed by atoms with Crippen molar-refractivity contribution >= 4 is 34.6 Å². The maximum atomic E-state index is 13.0. The molecule has 3 aromatic carbocycles. The number of para-hydroxylation sites is 2. The zero-order chi connectivity index (χ0) is 23.9. The van der Waals surface area contributed by atoms with Crippen LogP contribution in [0, 0.1) is 10.1 Å². The van der Waals surface area contributed by atoms with Gasteiger partial charge in [-0.2, -0.15) is 0 Å². The van der Waals surface area contributed by atoms with Gasteiger partial charge in [-0.15, -0.1) is 0 Å². The van der Waals surface area contributed by atoms with E-state index in [4.69, 9.17) is 0 Å². The average molecular weight is 460 g/mol. The molecule has 1 fully saturated rings. The summed E-state index contributed by atoms with van der Waals surface area (Å²) in [4.78, 5) is 40.1. The fourth-order valence-corrected chi connectivity index (χ4v) is 3.82. The third-order valence-electron chi connectivity index (χ3n) is 5.58. The van der Waals surface area contributed by atoms with Gasteiger partial charge in [-0.05, 0) is 36.4 Å². The molecule has 4 rings (SSSR count). The van der Waals surface area contributed by atoms with Gasteiger partial charge in [-0.1, -0.05) is 36.4 Å². The molecule has 9 nitrogen and oxygen atoms in total. The predicted octanol–water partition coefficient (Wildman–Crippen LogP) is 3.73. The van der Waals surface area contributed by atoms with Crippen molar-refractivity contribution in [2.45, 2.75) is 0 Å². The third kappa shape index (κ3) is 5.76. The monoisotopic (exact) mass is 459 g/mol. The molecule has 1 aliphatic heterocycles. The van der Waals surface area contributed by atoms with E-state index >= 15 is 0 Å². The summed E-state index contributed by atoms with van der Waals surface area (Å²) >= 11 is 0. The normalized spacial score (nSPS) is 13.8. The van der Waals surface area contributed by atoms with Crippen LogP contribution in [0.3, 0.4) is 0 Å². The molecule has 0 unspecified atom stereocenters. The SMILES string of the molecule is O=C(CN1CCN(C(=O)c2ccc(Nc3ccccc3)c([N+](=O)[O-])c2)CC1)Nc1ccccc1. The Morgan fingerprint density at radius 3 is 2.09 bits per heavy atom. The topological polar surface area (TPSA) is 108 Å². The Kier molecular flexibility index (Phi) is 7.14. The molecule has 1 aliphatic rings. The Morgan fingerprint density at radius 1 is 0.853 bits per heavy atom. The minimum Gasteiger partial charge on any atom is -0.350 e. The minimum absolute atomic E-state index is 0.108.